The first-order valence-electron chi connectivity index (χ1n) is 13.0. The minimum absolute atomic E-state index is 0.0823. The fraction of sp³-hybridized carbons (Fsp3) is 0.233. The van der Waals surface area contributed by atoms with Gasteiger partial charge in [0.25, 0.3) is 11.8 Å². The molecule has 1 aromatic heterocycles. The van der Waals surface area contributed by atoms with Gasteiger partial charge in [-0.3, -0.25) is 14.9 Å². The predicted octanol–water partition coefficient (Wildman–Crippen LogP) is 5.31. The lowest BCUT2D eigenvalue weighted by atomic mass is 10.2. The first-order valence-corrected chi connectivity index (χ1v) is 13.4. The summed E-state index contributed by atoms with van der Waals surface area (Å²) in [6.07, 6.45) is 0.891. The summed E-state index contributed by atoms with van der Waals surface area (Å²) in [5.41, 5.74) is 3.01. The van der Waals surface area contributed by atoms with Crippen molar-refractivity contribution in [3.63, 3.8) is 0 Å². The molecule has 0 saturated carbocycles. The van der Waals surface area contributed by atoms with Gasteiger partial charge in [0.1, 0.15) is 11.3 Å². The van der Waals surface area contributed by atoms with E-state index in [0.29, 0.717) is 49.9 Å². The van der Waals surface area contributed by atoms with Gasteiger partial charge in [-0.1, -0.05) is 31.2 Å². The molecule has 0 atom stereocenters. The van der Waals surface area contributed by atoms with Gasteiger partial charge < -0.3 is 24.3 Å². The van der Waals surface area contributed by atoms with Crippen molar-refractivity contribution in [1.29, 1.82) is 0 Å². The van der Waals surface area contributed by atoms with Gasteiger partial charge in [0.05, 0.1) is 6.61 Å². The Balaban J connectivity index is 1.11. The van der Waals surface area contributed by atoms with Gasteiger partial charge in [0.2, 0.25) is 0 Å². The molecule has 2 amide bonds. The van der Waals surface area contributed by atoms with Crippen LogP contribution in [0, 0.1) is 0 Å². The Hall–Kier alpha value is -4.37. The number of fused-ring (bicyclic) bond motifs is 1. The number of nitrogens with one attached hydrogen (secondary N) is 2. The third-order valence-electron chi connectivity index (χ3n) is 6.49. The van der Waals surface area contributed by atoms with Crippen LogP contribution in [0.2, 0.25) is 0 Å². The predicted molar refractivity (Wildman–Crippen MR) is 157 cm³/mol. The molecule has 39 heavy (non-hydrogen) atoms. The second-order valence-electron chi connectivity index (χ2n) is 9.26. The Morgan fingerprint density at radius 1 is 0.949 bits per heavy atom. The van der Waals surface area contributed by atoms with Crippen LogP contribution in [-0.4, -0.2) is 54.6 Å². The molecule has 1 aliphatic heterocycles. The highest BCUT2D eigenvalue weighted by Gasteiger charge is 2.24. The first kappa shape index (κ1) is 26.2. The van der Waals surface area contributed by atoms with E-state index in [9.17, 15) is 9.59 Å². The summed E-state index contributed by atoms with van der Waals surface area (Å²) in [5, 5.41) is 6.92. The number of ether oxygens (including phenoxy) is 1. The fourth-order valence-corrected chi connectivity index (χ4v) is 4.66. The molecule has 2 N–H and O–H groups in total. The number of benzene rings is 3. The molecule has 9 heteroatoms. The molecule has 3 aromatic carbocycles. The molecular formula is C30H30N4O4S. The van der Waals surface area contributed by atoms with Crippen molar-refractivity contribution >= 4 is 51.5 Å². The van der Waals surface area contributed by atoms with Crippen molar-refractivity contribution < 1.29 is 18.7 Å². The van der Waals surface area contributed by atoms with Crippen LogP contribution in [0.1, 0.15) is 34.3 Å². The second kappa shape index (κ2) is 12.0. The number of hydrogen-bond acceptors (Lipinski definition) is 6. The van der Waals surface area contributed by atoms with Crippen LogP contribution in [0.3, 0.4) is 0 Å². The quantitative estimate of drug-likeness (QED) is 0.306. The van der Waals surface area contributed by atoms with E-state index in [1.54, 1.807) is 18.2 Å². The molecule has 200 valence electrons. The van der Waals surface area contributed by atoms with Crippen LogP contribution >= 0.6 is 12.2 Å². The highest BCUT2D eigenvalue weighted by molar-refractivity contribution is 7.80. The molecule has 1 aliphatic rings. The number of amides is 2. The molecule has 0 radical (unpaired) electrons. The molecule has 0 spiro atoms. The molecule has 2 heterocycles. The van der Waals surface area contributed by atoms with Crippen molar-refractivity contribution in [3.8, 4) is 5.75 Å². The van der Waals surface area contributed by atoms with Crippen LogP contribution in [0.25, 0.3) is 11.0 Å². The van der Waals surface area contributed by atoms with Crippen molar-refractivity contribution in [2.75, 3.05) is 43.0 Å². The Labute approximate surface area is 232 Å². The van der Waals surface area contributed by atoms with Crippen LogP contribution in [0.4, 0.5) is 11.4 Å². The zero-order valence-electron chi connectivity index (χ0n) is 21.7. The standard InChI is InChI=1S/C30H30N4O4S/c1-2-18-37-25-8-5-7-22(19-25)28(35)32-30(39)31-23-10-12-24(13-11-23)33-14-16-34(17-15-33)29(36)27-20-21-6-3-4-9-26(21)38-27/h3-13,19-20H,2,14-18H2,1H3,(H2,31,32,35,39). The van der Waals surface area contributed by atoms with Gasteiger partial charge in [-0.05, 0) is 73.2 Å². The van der Waals surface area contributed by atoms with E-state index in [1.165, 1.54) is 0 Å². The van der Waals surface area contributed by atoms with E-state index in [-0.39, 0.29) is 16.9 Å². The largest absolute Gasteiger partial charge is 0.494 e. The Bertz CT molecular complexity index is 1440. The third kappa shape index (κ3) is 6.38. The number of furan rings is 1. The average molecular weight is 543 g/mol. The van der Waals surface area contributed by atoms with Gasteiger partial charge in [-0.15, -0.1) is 0 Å². The number of thiocarbonyl (C=S) groups is 1. The van der Waals surface area contributed by atoms with Crippen LogP contribution in [0.5, 0.6) is 5.75 Å². The van der Waals surface area contributed by atoms with E-state index in [0.717, 1.165) is 28.8 Å². The molecule has 4 aromatic rings. The van der Waals surface area contributed by atoms with Gasteiger partial charge in [0, 0.05) is 48.5 Å². The molecule has 1 saturated heterocycles. The molecule has 1 fully saturated rings. The van der Waals surface area contributed by atoms with Crippen molar-refractivity contribution in [2.45, 2.75) is 13.3 Å². The SMILES string of the molecule is CCCOc1cccc(C(=O)NC(=S)Nc2ccc(N3CCN(C(=O)c4cc5ccccc5o4)CC3)cc2)c1. The number of hydrogen-bond donors (Lipinski definition) is 2. The summed E-state index contributed by atoms with van der Waals surface area (Å²) >= 11 is 5.34. The average Bonchev–Trinajstić information content (AvgIpc) is 3.41. The molecule has 5 rings (SSSR count). The Kier molecular flexibility index (Phi) is 8.07. The maximum atomic E-state index is 12.9. The summed E-state index contributed by atoms with van der Waals surface area (Å²) in [4.78, 5) is 29.6. The summed E-state index contributed by atoms with van der Waals surface area (Å²) in [7, 11) is 0. The molecule has 8 nitrogen and oxygen atoms in total. The van der Waals surface area contributed by atoms with Crippen LogP contribution in [-0.2, 0) is 0 Å². The first-order chi connectivity index (χ1) is 19.0. The van der Waals surface area contributed by atoms with Crippen LogP contribution < -0.4 is 20.3 Å². The molecule has 0 aliphatic carbocycles. The second-order valence-corrected chi connectivity index (χ2v) is 9.67. The summed E-state index contributed by atoms with van der Waals surface area (Å²) < 4.78 is 11.4. The van der Waals surface area contributed by atoms with Gasteiger partial charge in [-0.25, -0.2) is 0 Å². The fourth-order valence-electron chi connectivity index (χ4n) is 4.45. The van der Waals surface area contributed by atoms with E-state index in [2.05, 4.69) is 15.5 Å². The topological polar surface area (TPSA) is 87.0 Å². The number of anilines is 2. The number of para-hydroxylation sites is 1. The minimum atomic E-state index is -0.305. The summed E-state index contributed by atoms with van der Waals surface area (Å²) in [6.45, 7) is 5.27. The lowest BCUT2D eigenvalue weighted by Crippen LogP contribution is -2.48. The lowest BCUT2D eigenvalue weighted by Gasteiger charge is -2.35. The Morgan fingerprint density at radius 2 is 1.72 bits per heavy atom. The maximum Gasteiger partial charge on any atom is 0.289 e. The van der Waals surface area contributed by atoms with E-state index in [4.69, 9.17) is 21.4 Å². The monoisotopic (exact) mass is 542 g/mol. The molecule has 0 unspecified atom stereocenters. The minimum Gasteiger partial charge on any atom is -0.494 e. The zero-order chi connectivity index (χ0) is 27.2. The molecular weight excluding hydrogens is 512 g/mol. The van der Waals surface area contributed by atoms with Crippen molar-refractivity contribution in [3.05, 3.63) is 90.2 Å². The maximum absolute atomic E-state index is 12.9. The number of carbonyl (C=O) groups excluding carboxylic acids is 2. The van der Waals surface area contributed by atoms with E-state index >= 15 is 0 Å². The number of rotatable bonds is 7. The van der Waals surface area contributed by atoms with Gasteiger partial charge in [-0.2, -0.15) is 0 Å². The van der Waals surface area contributed by atoms with Crippen molar-refractivity contribution in [2.24, 2.45) is 0 Å². The number of piperazine rings is 1. The normalized spacial score (nSPS) is 13.3. The Morgan fingerprint density at radius 3 is 2.46 bits per heavy atom. The van der Waals surface area contributed by atoms with Crippen molar-refractivity contribution in [1.82, 2.24) is 10.2 Å². The zero-order valence-corrected chi connectivity index (χ0v) is 22.5. The highest BCUT2D eigenvalue weighted by atomic mass is 32.1. The lowest BCUT2D eigenvalue weighted by molar-refractivity contribution is 0.0717. The number of nitrogens with zero attached hydrogens (tertiary/aromatic N) is 2. The highest BCUT2D eigenvalue weighted by Crippen LogP contribution is 2.23. The number of carbonyl (C=O) groups is 2. The summed E-state index contributed by atoms with van der Waals surface area (Å²) in [5.74, 6) is 0.640. The van der Waals surface area contributed by atoms with E-state index < -0.39 is 0 Å². The van der Waals surface area contributed by atoms with Gasteiger partial charge >= 0.3 is 0 Å². The smallest absolute Gasteiger partial charge is 0.289 e. The van der Waals surface area contributed by atoms with Gasteiger partial charge in [0.15, 0.2) is 10.9 Å². The third-order valence-corrected chi connectivity index (χ3v) is 6.69. The summed E-state index contributed by atoms with van der Waals surface area (Å²) in [6, 6.07) is 24.3. The van der Waals surface area contributed by atoms with E-state index in [1.807, 2.05) is 72.5 Å². The molecule has 0 bridgehead atoms. The van der Waals surface area contributed by atoms with Crippen LogP contribution in [0.15, 0.2) is 83.3 Å².